The average Bonchev–Trinajstić information content (AvgIpc) is 2.91. The van der Waals surface area contributed by atoms with Crippen LogP contribution in [0.25, 0.3) is 33.3 Å². The van der Waals surface area contributed by atoms with Crippen molar-refractivity contribution in [1.82, 2.24) is 9.97 Å². The summed E-state index contributed by atoms with van der Waals surface area (Å²) >= 11 is 0. The van der Waals surface area contributed by atoms with E-state index < -0.39 is 34.6 Å². The predicted molar refractivity (Wildman–Crippen MR) is 131 cm³/mol. The fourth-order valence-corrected chi connectivity index (χ4v) is 4.27. The van der Waals surface area contributed by atoms with E-state index in [1.807, 2.05) is 0 Å². The van der Waals surface area contributed by atoms with Crippen molar-refractivity contribution < 1.29 is 29.3 Å². The quantitative estimate of drug-likeness (QED) is 0.247. The molecular weight excluding hydrogens is 464 g/mol. The van der Waals surface area contributed by atoms with Crippen molar-refractivity contribution in [3.8, 4) is 28.6 Å². The summed E-state index contributed by atoms with van der Waals surface area (Å²) in [4.78, 5) is 34.1. The molecule has 2 heterocycles. The van der Waals surface area contributed by atoms with Crippen LogP contribution in [0.3, 0.4) is 0 Å². The van der Waals surface area contributed by atoms with Gasteiger partial charge in [0.15, 0.2) is 16.9 Å². The van der Waals surface area contributed by atoms with E-state index in [0.29, 0.717) is 22.2 Å². The van der Waals surface area contributed by atoms with Crippen LogP contribution >= 0.6 is 0 Å². The van der Waals surface area contributed by atoms with Crippen LogP contribution in [0.4, 0.5) is 0 Å². The first-order valence-corrected chi connectivity index (χ1v) is 11.0. The van der Waals surface area contributed by atoms with Crippen molar-refractivity contribution in [2.75, 3.05) is 7.11 Å². The zero-order chi connectivity index (χ0) is 25.4. The molecule has 0 saturated carbocycles. The second-order valence-corrected chi connectivity index (χ2v) is 8.14. The van der Waals surface area contributed by atoms with Crippen LogP contribution in [0.15, 0.2) is 76.2 Å². The molecule has 1 atom stereocenters. The van der Waals surface area contributed by atoms with E-state index in [9.17, 15) is 24.9 Å². The Morgan fingerprint density at radius 3 is 2.39 bits per heavy atom. The van der Waals surface area contributed by atoms with Gasteiger partial charge in [-0.15, -0.1) is 0 Å². The molecule has 0 amide bonds. The predicted octanol–water partition coefficient (Wildman–Crippen LogP) is 4.22. The summed E-state index contributed by atoms with van der Waals surface area (Å²) in [6, 6.07) is 15.1. The summed E-state index contributed by atoms with van der Waals surface area (Å²) in [5, 5.41) is 31.8. The summed E-state index contributed by atoms with van der Waals surface area (Å²) in [6.07, 6.45) is 2.80. The van der Waals surface area contributed by atoms with Crippen LogP contribution in [0.1, 0.15) is 23.5 Å². The maximum Gasteiger partial charge on any atom is 0.306 e. The van der Waals surface area contributed by atoms with Gasteiger partial charge in [0.05, 0.1) is 24.6 Å². The van der Waals surface area contributed by atoms with E-state index in [-0.39, 0.29) is 28.7 Å². The van der Waals surface area contributed by atoms with E-state index in [1.54, 1.807) is 54.7 Å². The Hall–Kier alpha value is -4.92. The van der Waals surface area contributed by atoms with Crippen LogP contribution in [0, 0.1) is 0 Å². The number of phenols is 3. The number of fused-ring (bicyclic) bond motifs is 2. The van der Waals surface area contributed by atoms with E-state index in [0.717, 1.165) is 0 Å². The lowest BCUT2D eigenvalue weighted by molar-refractivity contribution is -0.140. The number of carbonyl (C=O) groups is 1. The topological polar surface area (TPSA) is 143 Å². The Morgan fingerprint density at radius 1 is 0.944 bits per heavy atom. The van der Waals surface area contributed by atoms with E-state index in [1.165, 1.54) is 19.4 Å². The normalized spacial score (nSPS) is 12.0. The van der Waals surface area contributed by atoms with Crippen LogP contribution in [-0.2, 0) is 9.53 Å². The number of aromatic nitrogens is 2. The molecule has 0 aliphatic rings. The van der Waals surface area contributed by atoms with E-state index in [2.05, 4.69) is 9.97 Å². The van der Waals surface area contributed by atoms with Gasteiger partial charge in [-0.1, -0.05) is 36.4 Å². The van der Waals surface area contributed by atoms with Gasteiger partial charge in [0.25, 0.3) is 0 Å². The third-order valence-electron chi connectivity index (χ3n) is 6.03. The van der Waals surface area contributed by atoms with Gasteiger partial charge >= 0.3 is 5.97 Å². The lowest BCUT2D eigenvalue weighted by atomic mass is 9.86. The average molecular weight is 484 g/mol. The minimum atomic E-state index is -0.938. The maximum atomic E-state index is 13.1. The molecular formula is C27H20N2O7. The lowest BCUT2D eigenvalue weighted by Crippen LogP contribution is -2.12. The number of phenolic OH excluding ortho intramolecular Hbond substituents is 3. The van der Waals surface area contributed by atoms with Crippen molar-refractivity contribution in [1.29, 1.82) is 0 Å². The van der Waals surface area contributed by atoms with Gasteiger partial charge in [-0.05, 0) is 17.7 Å². The molecule has 9 heteroatoms. The van der Waals surface area contributed by atoms with Crippen molar-refractivity contribution in [3.05, 3.63) is 88.3 Å². The molecule has 36 heavy (non-hydrogen) atoms. The van der Waals surface area contributed by atoms with Gasteiger partial charge in [0.1, 0.15) is 16.7 Å². The zero-order valence-electron chi connectivity index (χ0n) is 19.0. The van der Waals surface area contributed by atoms with Gasteiger partial charge < -0.3 is 24.5 Å². The molecule has 9 nitrogen and oxygen atoms in total. The smallest absolute Gasteiger partial charge is 0.306 e. The molecule has 2 aromatic heterocycles. The zero-order valence-corrected chi connectivity index (χ0v) is 19.0. The van der Waals surface area contributed by atoms with Crippen molar-refractivity contribution >= 4 is 28.0 Å². The Morgan fingerprint density at radius 2 is 1.67 bits per heavy atom. The van der Waals surface area contributed by atoms with Gasteiger partial charge in [0, 0.05) is 35.5 Å². The standard InChI is InChI=1S/C27H20N2O7/c1-35-21(31)12-16(15-7-8-17-18(11-15)29-10-9-28-17)22-24(32)26(34)25(33)23-19(30)13-20(36-27(22)23)14-5-3-2-4-6-14/h2-11,13,16,32-34H,12H2,1H3/t16-/m1/s1. The summed E-state index contributed by atoms with van der Waals surface area (Å²) in [5.41, 5.74) is 1.39. The molecule has 0 aliphatic carbocycles. The lowest BCUT2D eigenvalue weighted by Gasteiger charge is -2.21. The SMILES string of the molecule is COC(=O)C[C@H](c1ccc2nccnc2c1)c1c(O)c(O)c(O)c2c(=O)cc(-c3ccccc3)oc12. The molecule has 0 fully saturated rings. The number of methoxy groups -OCH3 is 1. The largest absolute Gasteiger partial charge is 0.504 e. The second-order valence-electron chi connectivity index (χ2n) is 8.14. The van der Waals surface area contributed by atoms with Gasteiger partial charge in [-0.25, -0.2) is 0 Å². The molecule has 0 unspecified atom stereocenters. The Labute approximate surface area is 203 Å². The highest BCUT2D eigenvalue weighted by Gasteiger charge is 2.31. The number of aromatic hydroxyl groups is 3. The summed E-state index contributed by atoms with van der Waals surface area (Å²) in [6.45, 7) is 0. The number of hydrogen-bond acceptors (Lipinski definition) is 9. The van der Waals surface area contributed by atoms with Crippen molar-refractivity contribution in [2.24, 2.45) is 0 Å². The summed E-state index contributed by atoms with van der Waals surface area (Å²) in [5.74, 6) is -3.80. The Kier molecular flexibility index (Phi) is 5.73. The van der Waals surface area contributed by atoms with Crippen LogP contribution in [0.2, 0.25) is 0 Å². The number of esters is 1. The van der Waals surface area contributed by atoms with Crippen molar-refractivity contribution in [2.45, 2.75) is 12.3 Å². The molecule has 5 aromatic rings. The minimum absolute atomic E-state index is 0.0520. The highest BCUT2D eigenvalue weighted by molar-refractivity contribution is 5.94. The number of benzene rings is 3. The van der Waals surface area contributed by atoms with E-state index >= 15 is 0 Å². The third-order valence-corrected chi connectivity index (χ3v) is 6.03. The monoisotopic (exact) mass is 484 g/mol. The summed E-state index contributed by atoms with van der Waals surface area (Å²) in [7, 11) is 1.23. The van der Waals surface area contributed by atoms with E-state index in [4.69, 9.17) is 9.15 Å². The van der Waals surface area contributed by atoms with Crippen LogP contribution in [-0.4, -0.2) is 38.4 Å². The fraction of sp³-hybridized carbons (Fsp3) is 0.111. The summed E-state index contributed by atoms with van der Waals surface area (Å²) < 4.78 is 11.0. The number of nitrogens with zero attached hydrogens (tertiary/aromatic N) is 2. The van der Waals surface area contributed by atoms with Gasteiger partial charge in [0.2, 0.25) is 5.75 Å². The number of hydrogen-bond donors (Lipinski definition) is 3. The molecule has 5 rings (SSSR count). The van der Waals surface area contributed by atoms with Crippen molar-refractivity contribution in [3.63, 3.8) is 0 Å². The molecule has 180 valence electrons. The third kappa shape index (κ3) is 3.86. The molecule has 0 bridgehead atoms. The van der Waals surface area contributed by atoms with Gasteiger partial charge in [-0.2, -0.15) is 0 Å². The van der Waals surface area contributed by atoms with Gasteiger partial charge in [-0.3, -0.25) is 19.6 Å². The second kappa shape index (κ2) is 9.03. The molecule has 3 N–H and O–H groups in total. The maximum absolute atomic E-state index is 13.1. The minimum Gasteiger partial charge on any atom is -0.504 e. The Bertz CT molecular complexity index is 1680. The first-order valence-electron chi connectivity index (χ1n) is 11.0. The highest BCUT2D eigenvalue weighted by Crippen LogP contribution is 2.49. The Balaban J connectivity index is 1.85. The number of rotatable bonds is 5. The molecule has 0 radical (unpaired) electrons. The number of carbonyl (C=O) groups excluding carboxylic acids is 1. The van der Waals surface area contributed by atoms with Crippen LogP contribution in [0.5, 0.6) is 17.2 Å². The molecule has 0 spiro atoms. The highest BCUT2D eigenvalue weighted by atomic mass is 16.5. The molecule has 0 aliphatic heterocycles. The first-order chi connectivity index (χ1) is 17.4. The number of ether oxygens (including phenoxy) is 1. The molecule has 0 saturated heterocycles. The fourth-order valence-electron chi connectivity index (χ4n) is 4.27. The molecule has 3 aromatic carbocycles. The first kappa shape index (κ1) is 22.9. The van der Waals surface area contributed by atoms with Crippen LogP contribution < -0.4 is 5.43 Å².